The van der Waals surface area contributed by atoms with Crippen LogP contribution in [0.2, 0.25) is 0 Å². The Morgan fingerprint density at radius 1 is 1.25 bits per heavy atom. The van der Waals surface area contributed by atoms with Gasteiger partial charge in [0.25, 0.3) is 0 Å². The Morgan fingerprint density at radius 3 is 2.60 bits per heavy atom. The van der Waals surface area contributed by atoms with Crippen molar-refractivity contribution in [3.8, 4) is 11.3 Å². The largest absolute Gasteiger partial charge is 0.384 e. The lowest BCUT2D eigenvalue weighted by atomic mass is 9.92. The van der Waals surface area contributed by atoms with Crippen LogP contribution in [0.4, 0.5) is 5.82 Å². The number of rotatable bonds is 5. The number of pyridine rings is 1. The predicted octanol–water partition coefficient (Wildman–Crippen LogP) is 2.12. The maximum Gasteiger partial charge on any atom is 0.123 e. The highest BCUT2D eigenvalue weighted by atomic mass is 15.1. The Morgan fingerprint density at radius 2 is 2.00 bits per heavy atom. The fourth-order valence-electron chi connectivity index (χ4n) is 2.61. The van der Waals surface area contributed by atoms with Gasteiger partial charge in [0.05, 0.1) is 18.2 Å². The minimum absolute atomic E-state index is 0.167. The highest BCUT2D eigenvalue weighted by molar-refractivity contribution is 5.59. The van der Waals surface area contributed by atoms with E-state index in [0.717, 1.165) is 24.3 Å². The quantitative estimate of drug-likeness (QED) is 0.906. The van der Waals surface area contributed by atoms with Gasteiger partial charge in [0, 0.05) is 24.8 Å². The number of nitrogen functional groups attached to an aromatic ring is 1. The van der Waals surface area contributed by atoms with E-state index >= 15 is 0 Å². The molecule has 0 bridgehead atoms. The minimum atomic E-state index is 0.167. The molecule has 2 aromatic heterocycles. The number of hydrogen-bond acceptors (Lipinski definition) is 4. The van der Waals surface area contributed by atoms with Gasteiger partial charge in [-0.25, -0.2) is 9.97 Å². The molecule has 0 aliphatic heterocycles. The molecule has 0 radical (unpaired) electrons. The van der Waals surface area contributed by atoms with Crippen molar-refractivity contribution in [1.29, 1.82) is 0 Å². The molecule has 0 saturated heterocycles. The van der Waals surface area contributed by atoms with Crippen molar-refractivity contribution in [1.82, 2.24) is 19.4 Å². The Bertz CT molecular complexity index is 554. The summed E-state index contributed by atoms with van der Waals surface area (Å²) in [7, 11) is 4.20. The van der Waals surface area contributed by atoms with Crippen LogP contribution in [0.25, 0.3) is 11.3 Å². The topological polar surface area (TPSA) is 60.0 Å². The number of nitrogens with two attached hydrogens (primary N) is 1. The summed E-state index contributed by atoms with van der Waals surface area (Å²) in [6.45, 7) is 6.45. The van der Waals surface area contributed by atoms with Gasteiger partial charge in [-0.05, 0) is 31.6 Å². The average molecular weight is 273 g/mol. The molecule has 0 fully saturated rings. The Balaban J connectivity index is 2.23. The van der Waals surface area contributed by atoms with Crippen LogP contribution in [0.1, 0.15) is 13.8 Å². The normalized spacial score (nSPS) is 12.1. The Labute approximate surface area is 120 Å². The molecule has 0 unspecified atom stereocenters. The number of anilines is 1. The van der Waals surface area contributed by atoms with Crippen LogP contribution >= 0.6 is 0 Å². The lowest BCUT2D eigenvalue weighted by Gasteiger charge is -2.29. The molecule has 20 heavy (non-hydrogen) atoms. The van der Waals surface area contributed by atoms with Gasteiger partial charge in [0.2, 0.25) is 0 Å². The predicted molar refractivity (Wildman–Crippen MR) is 82.2 cm³/mol. The van der Waals surface area contributed by atoms with Gasteiger partial charge in [-0.1, -0.05) is 13.8 Å². The maximum atomic E-state index is 5.64. The SMILES string of the molecule is CN(C)CC(C)(C)Cn1cncc1-c1ccc(N)nc1. The van der Waals surface area contributed by atoms with Gasteiger partial charge in [-0.3, -0.25) is 0 Å². The first-order valence-corrected chi connectivity index (χ1v) is 6.74. The van der Waals surface area contributed by atoms with E-state index in [1.54, 1.807) is 6.20 Å². The van der Waals surface area contributed by atoms with Crippen molar-refractivity contribution >= 4 is 5.82 Å². The molecule has 2 N–H and O–H groups in total. The lowest BCUT2D eigenvalue weighted by molar-refractivity contribution is 0.212. The highest BCUT2D eigenvalue weighted by Crippen LogP contribution is 2.24. The van der Waals surface area contributed by atoms with Gasteiger partial charge in [-0.2, -0.15) is 0 Å². The molecule has 5 nitrogen and oxygen atoms in total. The van der Waals surface area contributed by atoms with Gasteiger partial charge >= 0.3 is 0 Å². The molecule has 0 saturated carbocycles. The van der Waals surface area contributed by atoms with E-state index in [2.05, 4.69) is 47.4 Å². The standard InChI is InChI=1S/C15H23N5/c1-15(2,9-19(3)4)10-20-11-17-8-13(20)12-5-6-14(16)18-7-12/h5-8,11H,9-10H2,1-4H3,(H2,16,18). The van der Waals surface area contributed by atoms with Crippen LogP contribution in [-0.4, -0.2) is 40.1 Å². The van der Waals surface area contributed by atoms with Crippen LogP contribution in [0.3, 0.4) is 0 Å². The van der Waals surface area contributed by atoms with E-state index in [0.29, 0.717) is 5.82 Å². The van der Waals surface area contributed by atoms with Crippen molar-refractivity contribution in [3.05, 3.63) is 30.9 Å². The second-order valence-corrected chi connectivity index (χ2v) is 6.28. The minimum Gasteiger partial charge on any atom is -0.384 e. The third-order valence-electron chi connectivity index (χ3n) is 3.14. The zero-order valence-electron chi connectivity index (χ0n) is 12.7. The number of nitrogens with zero attached hydrogens (tertiary/aromatic N) is 4. The zero-order valence-corrected chi connectivity index (χ0v) is 12.7. The second-order valence-electron chi connectivity index (χ2n) is 6.28. The molecule has 0 atom stereocenters. The summed E-state index contributed by atoms with van der Waals surface area (Å²) in [6, 6.07) is 3.80. The first-order valence-electron chi connectivity index (χ1n) is 6.74. The molecule has 0 amide bonds. The van der Waals surface area contributed by atoms with E-state index in [9.17, 15) is 0 Å². The third kappa shape index (κ3) is 3.57. The summed E-state index contributed by atoms with van der Waals surface area (Å²) >= 11 is 0. The molecular weight excluding hydrogens is 250 g/mol. The maximum absolute atomic E-state index is 5.64. The van der Waals surface area contributed by atoms with Gasteiger partial charge in [0.15, 0.2) is 0 Å². The Hall–Kier alpha value is -1.88. The van der Waals surface area contributed by atoms with Gasteiger partial charge in [0.1, 0.15) is 5.82 Å². The first kappa shape index (κ1) is 14.5. The van der Waals surface area contributed by atoms with Crippen molar-refractivity contribution in [2.24, 2.45) is 5.41 Å². The van der Waals surface area contributed by atoms with Crippen molar-refractivity contribution in [2.75, 3.05) is 26.4 Å². The number of hydrogen-bond donors (Lipinski definition) is 1. The molecule has 5 heteroatoms. The molecule has 0 aliphatic carbocycles. The van der Waals surface area contributed by atoms with E-state index in [4.69, 9.17) is 5.73 Å². The second kappa shape index (κ2) is 5.63. The zero-order chi connectivity index (χ0) is 14.8. The highest BCUT2D eigenvalue weighted by Gasteiger charge is 2.21. The first-order chi connectivity index (χ1) is 9.37. The smallest absolute Gasteiger partial charge is 0.123 e. The monoisotopic (exact) mass is 273 g/mol. The molecule has 0 aromatic carbocycles. The average Bonchev–Trinajstić information content (AvgIpc) is 2.75. The van der Waals surface area contributed by atoms with Gasteiger partial charge in [-0.15, -0.1) is 0 Å². The number of aromatic nitrogens is 3. The summed E-state index contributed by atoms with van der Waals surface area (Å²) < 4.78 is 2.18. The summed E-state index contributed by atoms with van der Waals surface area (Å²) in [5.74, 6) is 0.535. The van der Waals surface area contributed by atoms with E-state index < -0.39 is 0 Å². The fourth-order valence-corrected chi connectivity index (χ4v) is 2.61. The van der Waals surface area contributed by atoms with Crippen LogP contribution in [0.5, 0.6) is 0 Å². The third-order valence-corrected chi connectivity index (χ3v) is 3.14. The molecule has 108 valence electrons. The van der Waals surface area contributed by atoms with Crippen LogP contribution in [0.15, 0.2) is 30.9 Å². The fraction of sp³-hybridized carbons (Fsp3) is 0.467. The van der Waals surface area contributed by atoms with E-state index in [1.807, 2.05) is 24.7 Å². The van der Waals surface area contributed by atoms with Crippen LogP contribution in [0, 0.1) is 5.41 Å². The summed E-state index contributed by atoms with van der Waals surface area (Å²) in [6.07, 6.45) is 5.55. The van der Waals surface area contributed by atoms with E-state index in [-0.39, 0.29) is 5.41 Å². The lowest BCUT2D eigenvalue weighted by Crippen LogP contribution is -2.32. The molecular formula is C15H23N5. The van der Waals surface area contributed by atoms with Crippen molar-refractivity contribution in [3.63, 3.8) is 0 Å². The van der Waals surface area contributed by atoms with Crippen LogP contribution in [-0.2, 0) is 6.54 Å². The number of imidazole rings is 1. The molecule has 0 aliphatic rings. The molecule has 2 rings (SSSR count). The molecule has 2 aromatic rings. The molecule has 0 spiro atoms. The van der Waals surface area contributed by atoms with Crippen molar-refractivity contribution < 1.29 is 0 Å². The Kier molecular flexibility index (Phi) is 4.09. The summed E-state index contributed by atoms with van der Waals surface area (Å²) in [5.41, 5.74) is 7.92. The summed E-state index contributed by atoms with van der Waals surface area (Å²) in [5, 5.41) is 0. The van der Waals surface area contributed by atoms with Crippen molar-refractivity contribution in [2.45, 2.75) is 20.4 Å². The molecule has 2 heterocycles. The summed E-state index contributed by atoms with van der Waals surface area (Å²) in [4.78, 5) is 10.6. The van der Waals surface area contributed by atoms with E-state index in [1.165, 1.54) is 0 Å². The van der Waals surface area contributed by atoms with Crippen LogP contribution < -0.4 is 5.73 Å². The van der Waals surface area contributed by atoms with Gasteiger partial charge < -0.3 is 15.2 Å².